The number of fused-ring (bicyclic) bond motifs is 1. The Kier molecular flexibility index (Phi) is 6.53. The van der Waals surface area contributed by atoms with Gasteiger partial charge < -0.3 is 24.3 Å². The highest BCUT2D eigenvalue weighted by Crippen LogP contribution is 2.29. The van der Waals surface area contributed by atoms with E-state index in [0.29, 0.717) is 40.2 Å². The van der Waals surface area contributed by atoms with Gasteiger partial charge in [0.25, 0.3) is 5.91 Å². The van der Waals surface area contributed by atoms with Crippen molar-refractivity contribution in [1.82, 2.24) is 25.1 Å². The SMILES string of the molecule is COc1ccccc1-c1nnc2ccc(OCCNC(=O)c3c(OC)cccc3OC)nn12. The lowest BCUT2D eigenvalue weighted by Crippen LogP contribution is -2.29. The van der Waals surface area contributed by atoms with Crippen LogP contribution in [-0.4, -0.2) is 60.2 Å². The number of nitrogens with zero attached hydrogens (tertiary/aromatic N) is 4. The second-order valence-corrected chi connectivity index (χ2v) is 6.81. The van der Waals surface area contributed by atoms with E-state index in [9.17, 15) is 4.79 Å². The van der Waals surface area contributed by atoms with Crippen molar-refractivity contribution in [3.63, 3.8) is 0 Å². The van der Waals surface area contributed by atoms with Crippen LogP contribution in [0.2, 0.25) is 0 Å². The number of hydrogen-bond acceptors (Lipinski definition) is 8. The Morgan fingerprint density at radius 3 is 2.30 bits per heavy atom. The van der Waals surface area contributed by atoms with Gasteiger partial charge in [-0.15, -0.1) is 15.3 Å². The number of hydrogen-bond donors (Lipinski definition) is 1. The minimum atomic E-state index is -0.325. The topological polar surface area (TPSA) is 109 Å². The molecule has 1 N–H and O–H groups in total. The summed E-state index contributed by atoms with van der Waals surface area (Å²) >= 11 is 0. The molecule has 0 saturated carbocycles. The average molecular weight is 449 g/mol. The lowest BCUT2D eigenvalue weighted by Gasteiger charge is -2.13. The smallest absolute Gasteiger partial charge is 0.258 e. The lowest BCUT2D eigenvalue weighted by atomic mass is 10.1. The summed E-state index contributed by atoms with van der Waals surface area (Å²) in [6.07, 6.45) is 0. The van der Waals surface area contributed by atoms with Crippen LogP contribution in [-0.2, 0) is 0 Å². The molecular weight excluding hydrogens is 426 g/mol. The van der Waals surface area contributed by atoms with Gasteiger partial charge in [0, 0.05) is 6.07 Å². The summed E-state index contributed by atoms with van der Waals surface area (Å²) in [6, 6.07) is 16.1. The predicted octanol–water partition coefficient (Wildman–Crippen LogP) is 2.63. The Morgan fingerprint density at radius 1 is 0.879 bits per heavy atom. The molecule has 0 bridgehead atoms. The number of rotatable bonds is 9. The van der Waals surface area contributed by atoms with Gasteiger partial charge in [0.1, 0.15) is 29.4 Å². The van der Waals surface area contributed by atoms with Crippen LogP contribution in [0.3, 0.4) is 0 Å². The maximum absolute atomic E-state index is 12.6. The Morgan fingerprint density at radius 2 is 1.58 bits per heavy atom. The fourth-order valence-corrected chi connectivity index (χ4v) is 3.33. The first-order valence-corrected chi connectivity index (χ1v) is 10.1. The van der Waals surface area contributed by atoms with E-state index in [2.05, 4.69) is 20.6 Å². The minimum Gasteiger partial charge on any atom is -0.496 e. The number of carbonyl (C=O) groups is 1. The first-order chi connectivity index (χ1) is 16.2. The number of carbonyl (C=O) groups excluding carboxylic acids is 1. The molecule has 4 rings (SSSR count). The summed E-state index contributed by atoms with van der Waals surface area (Å²) in [5, 5.41) is 15.7. The summed E-state index contributed by atoms with van der Waals surface area (Å²) in [6.45, 7) is 0.453. The third kappa shape index (κ3) is 4.49. The van der Waals surface area contributed by atoms with Crippen LogP contribution < -0.4 is 24.3 Å². The van der Waals surface area contributed by atoms with E-state index in [0.717, 1.165) is 5.56 Å². The zero-order valence-electron chi connectivity index (χ0n) is 18.4. The summed E-state index contributed by atoms with van der Waals surface area (Å²) in [7, 11) is 4.60. The molecule has 0 fully saturated rings. The predicted molar refractivity (Wildman–Crippen MR) is 120 cm³/mol. The molecule has 0 aliphatic heterocycles. The molecule has 4 aromatic rings. The van der Waals surface area contributed by atoms with Crippen molar-refractivity contribution in [2.75, 3.05) is 34.5 Å². The van der Waals surface area contributed by atoms with Crippen molar-refractivity contribution in [2.24, 2.45) is 0 Å². The molecule has 0 aliphatic carbocycles. The molecular formula is C23H23N5O5. The van der Waals surface area contributed by atoms with Crippen molar-refractivity contribution in [1.29, 1.82) is 0 Å². The lowest BCUT2D eigenvalue weighted by molar-refractivity contribution is 0.0940. The molecule has 33 heavy (non-hydrogen) atoms. The van der Waals surface area contributed by atoms with Gasteiger partial charge in [0.2, 0.25) is 5.88 Å². The van der Waals surface area contributed by atoms with E-state index < -0.39 is 0 Å². The Balaban J connectivity index is 1.44. The van der Waals surface area contributed by atoms with Gasteiger partial charge in [0.05, 0.1) is 33.4 Å². The van der Waals surface area contributed by atoms with Crippen molar-refractivity contribution in [3.05, 3.63) is 60.2 Å². The molecule has 10 nitrogen and oxygen atoms in total. The summed E-state index contributed by atoms with van der Waals surface area (Å²) in [5.74, 6) is 2.09. The quantitative estimate of drug-likeness (QED) is 0.389. The van der Waals surface area contributed by atoms with Crippen molar-refractivity contribution in [2.45, 2.75) is 0 Å². The zero-order valence-corrected chi connectivity index (χ0v) is 18.4. The highest BCUT2D eigenvalue weighted by molar-refractivity contribution is 5.99. The maximum Gasteiger partial charge on any atom is 0.258 e. The van der Waals surface area contributed by atoms with E-state index in [1.165, 1.54) is 14.2 Å². The molecule has 170 valence electrons. The second kappa shape index (κ2) is 9.86. The van der Waals surface area contributed by atoms with Crippen molar-refractivity contribution < 1.29 is 23.7 Å². The number of ether oxygens (including phenoxy) is 4. The summed E-state index contributed by atoms with van der Waals surface area (Å²) in [4.78, 5) is 12.6. The Labute approximate surface area is 190 Å². The molecule has 0 unspecified atom stereocenters. The van der Waals surface area contributed by atoms with Crippen LogP contribution in [0.1, 0.15) is 10.4 Å². The van der Waals surface area contributed by atoms with Gasteiger partial charge >= 0.3 is 0 Å². The highest BCUT2D eigenvalue weighted by Gasteiger charge is 2.18. The molecule has 2 aromatic heterocycles. The first kappa shape index (κ1) is 21.9. The fourth-order valence-electron chi connectivity index (χ4n) is 3.33. The number of para-hydroxylation sites is 1. The van der Waals surface area contributed by atoms with E-state index in [4.69, 9.17) is 18.9 Å². The van der Waals surface area contributed by atoms with E-state index >= 15 is 0 Å². The molecule has 1 amide bonds. The largest absolute Gasteiger partial charge is 0.496 e. The van der Waals surface area contributed by atoms with Crippen LogP contribution >= 0.6 is 0 Å². The molecule has 0 atom stereocenters. The molecule has 0 spiro atoms. The van der Waals surface area contributed by atoms with Gasteiger partial charge in [-0.25, -0.2) is 0 Å². The van der Waals surface area contributed by atoms with Crippen LogP contribution in [0, 0.1) is 0 Å². The molecule has 0 aliphatic rings. The average Bonchev–Trinajstić information content (AvgIpc) is 3.28. The van der Waals surface area contributed by atoms with Crippen LogP contribution in [0.4, 0.5) is 0 Å². The molecule has 10 heteroatoms. The number of benzene rings is 2. The molecule has 0 radical (unpaired) electrons. The van der Waals surface area contributed by atoms with E-state index in [1.54, 1.807) is 42.0 Å². The van der Waals surface area contributed by atoms with E-state index in [-0.39, 0.29) is 19.1 Å². The monoisotopic (exact) mass is 449 g/mol. The van der Waals surface area contributed by atoms with Crippen LogP contribution in [0.15, 0.2) is 54.6 Å². The number of aromatic nitrogens is 4. The summed E-state index contributed by atoms with van der Waals surface area (Å²) in [5.41, 5.74) is 1.66. The summed E-state index contributed by atoms with van der Waals surface area (Å²) < 4.78 is 23.3. The van der Waals surface area contributed by atoms with Crippen molar-refractivity contribution >= 4 is 11.6 Å². The standard InChI is InChI=1S/C23H23N5O5/c1-30-16-8-5-4-7-15(16)22-26-25-19-11-12-20(27-28(19)22)33-14-13-24-23(29)21-17(31-2)9-6-10-18(21)32-3/h4-12H,13-14H2,1-3H3,(H,24,29). The zero-order chi connectivity index (χ0) is 23.2. The van der Waals surface area contributed by atoms with Crippen LogP contribution in [0.5, 0.6) is 23.1 Å². The van der Waals surface area contributed by atoms with Crippen molar-refractivity contribution in [3.8, 4) is 34.5 Å². The van der Waals surface area contributed by atoms with Gasteiger partial charge in [0.15, 0.2) is 11.5 Å². The van der Waals surface area contributed by atoms with E-state index in [1.807, 2.05) is 24.3 Å². The molecule has 2 aromatic carbocycles. The van der Waals surface area contributed by atoms with Gasteiger partial charge in [-0.2, -0.15) is 4.52 Å². The fraction of sp³-hybridized carbons (Fsp3) is 0.217. The van der Waals surface area contributed by atoms with Gasteiger partial charge in [-0.3, -0.25) is 4.79 Å². The maximum atomic E-state index is 12.6. The number of methoxy groups -OCH3 is 3. The number of amides is 1. The number of nitrogens with one attached hydrogen (secondary N) is 1. The highest BCUT2D eigenvalue weighted by atomic mass is 16.5. The van der Waals surface area contributed by atoms with Crippen LogP contribution in [0.25, 0.3) is 17.0 Å². The Hall–Kier alpha value is -4.34. The molecule has 0 saturated heterocycles. The first-order valence-electron chi connectivity index (χ1n) is 10.1. The third-order valence-corrected chi connectivity index (χ3v) is 4.88. The molecule has 2 heterocycles. The normalized spacial score (nSPS) is 10.6. The van der Waals surface area contributed by atoms with Gasteiger partial charge in [-0.05, 0) is 30.3 Å². The third-order valence-electron chi connectivity index (χ3n) is 4.88. The second-order valence-electron chi connectivity index (χ2n) is 6.81. The Bertz CT molecular complexity index is 1250. The minimum absolute atomic E-state index is 0.202. The van der Waals surface area contributed by atoms with Gasteiger partial charge in [-0.1, -0.05) is 18.2 Å².